The van der Waals surface area contributed by atoms with Gasteiger partial charge in [0, 0.05) is 31.5 Å². The van der Waals surface area contributed by atoms with Gasteiger partial charge < -0.3 is 9.47 Å². The van der Waals surface area contributed by atoms with Gasteiger partial charge in [-0.3, -0.25) is 0 Å². The quantitative estimate of drug-likeness (QED) is 0.749. The second kappa shape index (κ2) is 6.04. The van der Waals surface area contributed by atoms with E-state index in [0.717, 1.165) is 26.1 Å². The summed E-state index contributed by atoms with van der Waals surface area (Å²) in [5.74, 6) is 0. The van der Waals surface area contributed by atoms with Crippen LogP contribution in [0.25, 0.3) is 0 Å². The van der Waals surface area contributed by atoms with E-state index in [9.17, 15) is 0 Å². The zero-order chi connectivity index (χ0) is 15.7. The van der Waals surface area contributed by atoms with Crippen LogP contribution in [0.15, 0.2) is 42.1 Å². The predicted molar refractivity (Wildman–Crippen MR) is 94.5 cm³/mol. The molecule has 0 spiro atoms. The Balaban J connectivity index is 1.87. The molecule has 116 valence electrons. The van der Waals surface area contributed by atoms with E-state index >= 15 is 0 Å². The van der Waals surface area contributed by atoms with Crippen LogP contribution in [-0.2, 0) is 19.5 Å². The molecule has 0 radical (unpaired) electrons. The summed E-state index contributed by atoms with van der Waals surface area (Å²) in [7, 11) is 0. The van der Waals surface area contributed by atoms with Crippen molar-refractivity contribution in [2.45, 2.75) is 47.2 Å². The van der Waals surface area contributed by atoms with Crippen LogP contribution < -0.4 is 4.90 Å². The van der Waals surface area contributed by atoms with Gasteiger partial charge in [-0.1, -0.05) is 35.9 Å². The van der Waals surface area contributed by atoms with Crippen LogP contribution in [0.4, 0.5) is 5.69 Å². The molecule has 0 saturated carbocycles. The molecule has 2 heteroatoms. The van der Waals surface area contributed by atoms with Gasteiger partial charge in [-0.15, -0.1) is 0 Å². The van der Waals surface area contributed by atoms with E-state index in [-0.39, 0.29) is 0 Å². The summed E-state index contributed by atoms with van der Waals surface area (Å²) < 4.78 is 2.37. The molecule has 0 N–H and O–H groups in total. The molecule has 3 rings (SSSR count). The smallest absolute Gasteiger partial charge is 0.0581 e. The minimum atomic E-state index is 0.972. The number of aromatic nitrogens is 1. The zero-order valence-corrected chi connectivity index (χ0v) is 14.2. The van der Waals surface area contributed by atoms with Gasteiger partial charge in [0.1, 0.15) is 0 Å². The molecule has 0 saturated heterocycles. The Morgan fingerprint density at radius 3 is 2.59 bits per heavy atom. The fraction of sp³-hybridized carbons (Fsp3) is 0.400. The topological polar surface area (TPSA) is 8.17 Å². The highest BCUT2D eigenvalue weighted by Crippen LogP contribution is 2.30. The Hall–Kier alpha value is -1.96. The average molecular weight is 294 g/mol. The van der Waals surface area contributed by atoms with Crippen LogP contribution in [0.2, 0.25) is 0 Å². The van der Waals surface area contributed by atoms with E-state index in [4.69, 9.17) is 0 Å². The number of rotatable bonds is 3. The maximum atomic E-state index is 2.53. The lowest BCUT2D eigenvalue weighted by atomic mass is 9.99. The van der Waals surface area contributed by atoms with Gasteiger partial charge in [0.15, 0.2) is 0 Å². The van der Waals surface area contributed by atoms with Crippen molar-refractivity contribution in [3.05, 3.63) is 64.5 Å². The van der Waals surface area contributed by atoms with Gasteiger partial charge in [-0.2, -0.15) is 0 Å². The first kappa shape index (κ1) is 15.0. The molecule has 2 aromatic rings. The van der Waals surface area contributed by atoms with Gasteiger partial charge in [0.25, 0.3) is 0 Å². The Bertz CT molecular complexity index is 702. The number of benzene rings is 1. The molecule has 1 aromatic heterocycles. The number of hydrogen-bond donors (Lipinski definition) is 0. The maximum absolute atomic E-state index is 2.53. The van der Waals surface area contributed by atoms with Crippen molar-refractivity contribution in [2.24, 2.45) is 0 Å². The summed E-state index contributed by atoms with van der Waals surface area (Å²) in [5, 5.41) is 0. The maximum Gasteiger partial charge on any atom is 0.0581 e. The van der Waals surface area contributed by atoms with E-state index in [1.165, 1.54) is 33.6 Å². The van der Waals surface area contributed by atoms with E-state index in [1.807, 2.05) is 0 Å². The van der Waals surface area contributed by atoms with E-state index < -0.39 is 0 Å². The van der Waals surface area contributed by atoms with Crippen LogP contribution in [0.3, 0.4) is 0 Å². The van der Waals surface area contributed by atoms with Crippen LogP contribution in [0.1, 0.15) is 36.2 Å². The molecule has 0 aliphatic carbocycles. The molecule has 2 heterocycles. The fourth-order valence-corrected chi connectivity index (χ4v) is 3.23. The molecule has 0 amide bonds. The van der Waals surface area contributed by atoms with E-state index in [2.05, 4.69) is 73.7 Å². The third kappa shape index (κ3) is 2.83. The summed E-state index contributed by atoms with van der Waals surface area (Å²) in [6.07, 6.45) is 5.77. The van der Waals surface area contributed by atoms with Crippen molar-refractivity contribution in [2.75, 3.05) is 11.4 Å². The van der Waals surface area contributed by atoms with Crippen molar-refractivity contribution >= 4 is 5.69 Å². The van der Waals surface area contributed by atoms with Gasteiger partial charge in [0.2, 0.25) is 0 Å². The van der Waals surface area contributed by atoms with Gasteiger partial charge in [-0.25, -0.2) is 0 Å². The second-order valence-corrected chi connectivity index (χ2v) is 6.60. The number of hydrogen-bond acceptors (Lipinski definition) is 1. The molecule has 1 aliphatic rings. The average Bonchev–Trinajstić information content (AvgIpc) is 2.80. The molecule has 0 fully saturated rings. The molecular formula is C20H26N2. The zero-order valence-electron chi connectivity index (χ0n) is 14.2. The van der Waals surface area contributed by atoms with Gasteiger partial charge >= 0.3 is 0 Å². The largest absolute Gasteiger partial charge is 0.365 e. The Morgan fingerprint density at radius 2 is 1.86 bits per heavy atom. The van der Waals surface area contributed by atoms with Crippen molar-refractivity contribution in [1.82, 2.24) is 4.57 Å². The van der Waals surface area contributed by atoms with E-state index in [1.54, 1.807) is 0 Å². The lowest BCUT2D eigenvalue weighted by Gasteiger charge is -2.30. The minimum absolute atomic E-state index is 0.972. The SMILES string of the molecule is CC(C)=CCn1cc(N2CCc3ccccc3C2)c(C)c1C. The second-order valence-electron chi connectivity index (χ2n) is 6.60. The van der Waals surface area contributed by atoms with Crippen LogP contribution in [0.5, 0.6) is 0 Å². The summed E-state index contributed by atoms with van der Waals surface area (Å²) in [6, 6.07) is 8.84. The first-order valence-electron chi connectivity index (χ1n) is 8.17. The first-order chi connectivity index (χ1) is 10.6. The van der Waals surface area contributed by atoms with Crippen molar-refractivity contribution in [3.63, 3.8) is 0 Å². The molecule has 0 atom stereocenters. The highest BCUT2D eigenvalue weighted by atomic mass is 15.2. The number of allylic oxidation sites excluding steroid dienone is 2. The molecule has 22 heavy (non-hydrogen) atoms. The number of nitrogens with zero attached hydrogens (tertiary/aromatic N) is 2. The van der Waals surface area contributed by atoms with Crippen LogP contribution in [-0.4, -0.2) is 11.1 Å². The summed E-state index contributed by atoms with van der Waals surface area (Å²) in [5.41, 5.74) is 8.56. The van der Waals surface area contributed by atoms with Gasteiger partial charge in [-0.05, 0) is 50.8 Å². The molecule has 0 unspecified atom stereocenters. The van der Waals surface area contributed by atoms with Crippen molar-refractivity contribution in [1.29, 1.82) is 0 Å². The normalized spacial score (nSPS) is 13.9. The molecular weight excluding hydrogens is 268 g/mol. The monoisotopic (exact) mass is 294 g/mol. The highest BCUT2D eigenvalue weighted by molar-refractivity contribution is 5.57. The lowest BCUT2D eigenvalue weighted by Crippen LogP contribution is -2.30. The van der Waals surface area contributed by atoms with Crippen LogP contribution >= 0.6 is 0 Å². The number of anilines is 1. The third-order valence-corrected chi connectivity index (χ3v) is 4.80. The summed E-state index contributed by atoms with van der Waals surface area (Å²) in [6.45, 7) is 11.9. The molecule has 2 nitrogen and oxygen atoms in total. The summed E-state index contributed by atoms with van der Waals surface area (Å²) >= 11 is 0. The van der Waals surface area contributed by atoms with Crippen molar-refractivity contribution < 1.29 is 0 Å². The third-order valence-electron chi connectivity index (χ3n) is 4.80. The Kier molecular flexibility index (Phi) is 4.10. The standard InChI is InChI=1S/C20H26N2/c1-15(2)9-11-21-14-20(16(3)17(21)4)22-12-10-18-7-5-6-8-19(18)13-22/h5-9,14H,10-13H2,1-4H3. The minimum Gasteiger partial charge on any atom is -0.365 e. The molecule has 0 bridgehead atoms. The summed E-state index contributed by atoms with van der Waals surface area (Å²) in [4.78, 5) is 2.53. The lowest BCUT2D eigenvalue weighted by molar-refractivity contribution is 0.727. The molecule has 1 aliphatic heterocycles. The Labute approximate surface area is 134 Å². The highest BCUT2D eigenvalue weighted by Gasteiger charge is 2.20. The van der Waals surface area contributed by atoms with Crippen molar-refractivity contribution in [3.8, 4) is 0 Å². The fourth-order valence-electron chi connectivity index (χ4n) is 3.23. The van der Waals surface area contributed by atoms with Crippen LogP contribution in [0, 0.1) is 13.8 Å². The Morgan fingerprint density at radius 1 is 1.14 bits per heavy atom. The van der Waals surface area contributed by atoms with Gasteiger partial charge in [0.05, 0.1) is 5.69 Å². The van der Waals surface area contributed by atoms with E-state index in [0.29, 0.717) is 0 Å². The molecule has 1 aromatic carbocycles. The predicted octanol–water partition coefficient (Wildman–Crippen LogP) is 4.63. The number of fused-ring (bicyclic) bond motifs is 1. The first-order valence-corrected chi connectivity index (χ1v) is 8.17.